The first-order valence-electron chi connectivity index (χ1n) is 10.4. The molecule has 4 amide bonds. The Bertz CT molecular complexity index is 647. The molecule has 0 saturated heterocycles. The lowest BCUT2D eigenvalue weighted by atomic mass is 9.96. The molecule has 0 aromatic heterocycles. The molecule has 29 heavy (non-hydrogen) atoms. The smallest absolute Gasteiger partial charge is 0.315 e. The number of amides is 4. The molecule has 8 nitrogen and oxygen atoms in total. The molecule has 1 atom stereocenters. The second kappa shape index (κ2) is 12.8. The van der Waals surface area contributed by atoms with E-state index in [-0.39, 0.29) is 24.4 Å². The molecule has 1 aromatic carbocycles. The van der Waals surface area contributed by atoms with Gasteiger partial charge in [0, 0.05) is 18.2 Å². The summed E-state index contributed by atoms with van der Waals surface area (Å²) in [5.41, 5.74) is 2.28. The molecule has 0 aliphatic heterocycles. The normalized spacial score (nSPS) is 15.2. The monoisotopic (exact) mass is 404 g/mol. The molecule has 0 bridgehead atoms. The summed E-state index contributed by atoms with van der Waals surface area (Å²) in [4.78, 5) is 36.2. The number of carbonyl (C=O) groups is 3. The van der Waals surface area contributed by atoms with Crippen molar-refractivity contribution in [1.29, 1.82) is 0 Å². The van der Waals surface area contributed by atoms with Gasteiger partial charge in [0.2, 0.25) is 11.8 Å². The summed E-state index contributed by atoms with van der Waals surface area (Å²) in [5.74, 6) is -0.684. The predicted octanol–water partition coefficient (Wildman–Crippen LogP) is 3.08. The van der Waals surface area contributed by atoms with E-state index in [1.807, 2.05) is 18.2 Å². The number of rotatable bonds is 10. The van der Waals surface area contributed by atoms with Gasteiger partial charge >= 0.3 is 6.03 Å². The van der Waals surface area contributed by atoms with Crippen molar-refractivity contribution in [1.82, 2.24) is 16.1 Å². The molecule has 2 rings (SSSR count). The highest BCUT2D eigenvalue weighted by atomic mass is 16.5. The van der Waals surface area contributed by atoms with Crippen molar-refractivity contribution < 1.29 is 19.6 Å². The van der Waals surface area contributed by atoms with E-state index in [1.165, 1.54) is 6.42 Å². The topological polar surface area (TPSA) is 120 Å². The number of hydrogen-bond donors (Lipinski definition) is 5. The number of hydrogen-bond acceptors (Lipinski definition) is 4. The van der Waals surface area contributed by atoms with Gasteiger partial charge in [0.15, 0.2) is 0 Å². The first kappa shape index (κ1) is 22.7. The second-order valence-corrected chi connectivity index (χ2v) is 7.49. The average Bonchev–Trinajstić information content (AvgIpc) is 2.73. The first-order chi connectivity index (χ1) is 14.1. The second-order valence-electron chi connectivity index (χ2n) is 7.49. The Morgan fingerprint density at radius 2 is 1.72 bits per heavy atom. The lowest BCUT2D eigenvalue weighted by Gasteiger charge is -2.25. The van der Waals surface area contributed by atoms with Gasteiger partial charge < -0.3 is 16.0 Å². The Kier molecular flexibility index (Phi) is 9.99. The minimum atomic E-state index is -0.662. The van der Waals surface area contributed by atoms with Crippen LogP contribution in [0, 0.1) is 0 Å². The third-order valence-electron chi connectivity index (χ3n) is 5.12. The third-order valence-corrected chi connectivity index (χ3v) is 5.12. The Hall–Kier alpha value is -2.61. The number of carbonyl (C=O) groups excluding carboxylic acids is 3. The summed E-state index contributed by atoms with van der Waals surface area (Å²) in [6.07, 6.45) is 8.08. The largest absolute Gasteiger partial charge is 0.335 e. The zero-order valence-electron chi connectivity index (χ0n) is 16.8. The minimum absolute atomic E-state index is 0.165. The summed E-state index contributed by atoms with van der Waals surface area (Å²) in [6.45, 7) is 0. The number of urea groups is 1. The summed E-state index contributed by atoms with van der Waals surface area (Å²) in [7, 11) is 0. The minimum Gasteiger partial charge on any atom is -0.335 e. The van der Waals surface area contributed by atoms with Gasteiger partial charge in [-0.3, -0.25) is 14.8 Å². The highest BCUT2D eigenvalue weighted by molar-refractivity contribution is 5.97. The van der Waals surface area contributed by atoms with Crippen LogP contribution in [0.3, 0.4) is 0 Å². The highest BCUT2D eigenvalue weighted by Crippen LogP contribution is 2.17. The fourth-order valence-corrected chi connectivity index (χ4v) is 3.52. The van der Waals surface area contributed by atoms with Crippen LogP contribution < -0.4 is 21.4 Å². The third kappa shape index (κ3) is 8.95. The van der Waals surface area contributed by atoms with Crippen molar-refractivity contribution in [3.63, 3.8) is 0 Å². The molecule has 5 N–H and O–H groups in total. The zero-order chi connectivity index (χ0) is 20.9. The van der Waals surface area contributed by atoms with E-state index in [2.05, 4.69) is 16.0 Å². The van der Waals surface area contributed by atoms with Gasteiger partial charge in [0.25, 0.3) is 0 Å². The summed E-state index contributed by atoms with van der Waals surface area (Å²) in [5, 5.41) is 17.2. The van der Waals surface area contributed by atoms with Crippen molar-refractivity contribution in [3.8, 4) is 0 Å². The maximum Gasteiger partial charge on any atom is 0.315 e. The van der Waals surface area contributed by atoms with Crippen molar-refractivity contribution >= 4 is 23.5 Å². The number of anilines is 1. The van der Waals surface area contributed by atoms with Crippen molar-refractivity contribution in [2.24, 2.45) is 0 Å². The Morgan fingerprint density at radius 3 is 2.41 bits per heavy atom. The predicted molar refractivity (Wildman–Crippen MR) is 110 cm³/mol. The maximum atomic E-state index is 12.7. The molecule has 0 radical (unpaired) electrons. The van der Waals surface area contributed by atoms with E-state index < -0.39 is 11.9 Å². The van der Waals surface area contributed by atoms with Crippen molar-refractivity contribution in [2.45, 2.75) is 76.3 Å². The van der Waals surface area contributed by atoms with Gasteiger partial charge in [-0.2, -0.15) is 0 Å². The van der Waals surface area contributed by atoms with E-state index in [0.29, 0.717) is 31.4 Å². The number of benzene rings is 1. The Morgan fingerprint density at radius 1 is 1.00 bits per heavy atom. The van der Waals surface area contributed by atoms with Crippen molar-refractivity contribution in [3.05, 3.63) is 30.3 Å². The molecule has 8 heteroatoms. The van der Waals surface area contributed by atoms with Crippen LogP contribution in [0.1, 0.15) is 64.2 Å². The van der Waals surface area contributed by atoms with Gasteiger partial charge in [-0.1, -0.05) is 50.3 Å². The molecule has 1 unspecified atom stereocenters. The van der Waals surface area contributed by atoms with Gasteiger partial charge in [-0.05, 0) is 37.8 Å². The van der Waals surface area contributed by atoms with E-state index in [0.717, 1.165) is 25.7 Å². The summed E-state index contributed by atoms with van der Waals surface area (Å²) < 4.78 is 0. The summed E-state index contributed by atoms with van der Waals surface area (Å²) in [6, 6.07) is 8.31. The highest BCUT2D eigenvalue weighted by Gasteiger charge is 2.22. The molecule has 0 heterocycles. The summed E-state index contributed by atoms with van der Waals surface area (Å²) >= 11 is 0. The number of nitrogens with one attached hydrogen (secondary N) is 4. The molecule has 1 fully saturated rings. The van der Waals surface area contributed by atoms with Gasteiger partial charge in [-0.25, -0.2) is 10.3 Å². The molecular weight excluding hydrogens is 372 g/mol. The van der Waals surface area contributed by atoms with Crippen LogP contribution in [0.15, 0.2) is 30.3 Å². The molecule has 1 aliphatic carbocycles. The molecule has 1 aromatic rings. The SMILES string of the molecule is O=C(CCCCCC(NC(=O)NC1CCCCC1)C(=O)Nc1ccccc1)NO. The number of hydroxylamine groups is 1. The Balaban J connectivity index is 1.85. The van der Waals surface area contributed by atoms with E-state index >= 15 is 0 Å². The van der Waals surface area contributed by atoms with E-state index in [4.69, 9.17) is 5.21 Å². The van der Waals surface area contributed by atoms with Crippen molar-refractivity contribution in [2.75, 3.05) is 5.32 Å². The molecule has 160 valence electrons. The Labute approximate surface area is 171 Å². The number of para-hydroxylation sites is 1. The van der Waals surface area contributed by atoms with Crippen LogP contribution >= 0.6 is 0 Å². The molecule has 1 saturated carbocycles. The van der Waals surface area contributed by atoms with Crippen LogP contribution in [0.4, 0.5) is 10.5 Å². The zero-order valence-corrected chi connectivity index (χ0v) is 16.8. The fourth-order valence-electron chi connectivity index (χ4n) is 3.52. The van der Waals surface area contributed by atoms with E-state index in [1.54, 1.807) is 17.6 Å². The van der Waals surface area contributed by atoms with Crippen LogP contribution in [0.25, 0.3) is 0 Å². The van der Waals surface area contributed by atoms with E-state index in [9.17, 15) is 14.4 Å². The van der Waals surface area contributed by atoms with Gasteiger partial charge in [-0.15, -0.1) is 0 Å². The fraction of sp³-hybridized carbons (Fsp3) is 0.571. The first-order valence-corrected chi connectivity index (χ1v) is 10.4. The van der Waals surface area contributed by atoms with Gasteiger partial charge in [0.05, 0.1) is 0 Å². The average molecular weight is 405 g/mol. The maximum absolute atomic E-state index is 12.7. The quantitative estimate of drug-likeness (QED) is 0.234. The van der Waals surface area contributed by atoms with Gasteiger partial charge in [0.1, 0.15) is 6.04 Å². The molecule has 0 spiro atoms. The molecule has 1 aliphatic rings. The van der Waals surface area contributed by atoms with Crippen LogP contribution in [-0.4, -0.2) is 35.1 Å². The molecular formula is C21H32N4O4. The lowest BCUT2D eigenvalue weighted by Crippen LogP contribution is -2.50. The van der Waals surface area contributed by atoms with Crippen LogP contribution in [-0.2, 0) is 9.59 Å². The number of unbranched alkanes of at least 4 members (excludes halogenated alkanes) is 2. The lowest BCUT2D eigenvalue weighted by molar-refractivity contribution is -0.129. The van der Waals surface area contributed by atoms with Crippen LogP contribution in [0.5, 0.6) is 0 Å². The van der Waals surface area contributed by atoms with Crippen LogP contribution in [0.2, 0.25) is 0 Å². The standard InChI is InChI=1S/C21H32N4O4/c26-19(25-29)15-9-3-8-14-18(20(27)22-16-10-4-1-5-11-16)24-21(28)23-17-12-6-2-7-13-17/h1,4-5,10-11,17-18,29H,2-3,6-9,12-15H2,(H,22,27)(H,25,26)(H2,23,24,28).